The molecule has 0 unspecified atom stereocenters. The molecule has 3 nitrogen and oxygen atoms in total. The number of hydrogen-bond acceptors (Lipinski definition) is 2. The predicted octanol–water partition coefficient (Wildman–Crippen LogP) is 1.10. The van der Waals surface area contributed by atoms with E-state index in [-0.39, 0.29) is 12.4 Å². The summed E-state index contributed by atoms with van der Waals surface area (Å²) in [5.74, 6) is 0. The second-order valence-electron chi connectivity index (χ2n) is 2.45. The maximum absolute atomic E-state index is 5.68. The fraction of sp³-hybridized carbons (Fsp3) is 0.500. The highest BCUT2D eigenvalue weighted by Crippen LogP contribution is 2.13. The van der Waals surface area contributed by atoms with E-state index in [1.165, 1.54) is 0 Å². The number of aromatic nitrogens is 2. The Morgan fingerprint density at radius 2 is 2.36 bits per heavy atom. The van der Waals surface area contributed by atoms with E-state index in [0.717, 1.165) is 13.1 Å². The summed E-state index contributed by atoms with van der Waals surface area (Å²) in [4.78, 5) is 0. The van der Waals surface area contributed by atoms with Crippen LogP contribution in [0.3, 0.4) is 0 Å². The summed E-state index contributed by atoms with van der Waals surface area (Å²) < 4.78 is 1.90. The van der Waals surface area contributed by atoms with E-state index >= 15 is 0 Å². The van der Waals surface area contributed by atoms with Crippen LogP contribution in [-0.4, -0.2) is 22.9 Å². The van der Waals surface area contributed by atoms with Gasteiger partial charge in [0.1, 0.15) is 0 Å². The second-order valence-corrected chi connectivity index (χ2v) is 2.89. The van der Waals surface area contributed by atoms with Crippen LogP contribution in [0, 0.1) is 0 Å². The highest BCUT2D eigenvalue weighted by atomic mass is 35.5. The van der Waals surface area contributed by atoms with Crippen LogP contribution in [0.5, 0.6) is 0 Å². The van der Waals surface area contributed by atoms with Crippen LogP contribution in [0.4, 0.5) is 0 Å². The molecule has 0 aliphatic carbocycles. The fourth-order valence-corrected chi connectivity index (χ4v) is 1.12. The first-order valence-electron chi connectivity index (χ1n) is 3.26. The Morgan fingerprint density at radius 3 is 2.73 bits per heavy atom. The maximum atomic E-state index is 5.68. The van der Waals surface area contributed by atoms with Crippen molar-refractivity contribution in [1.82, 2.24) is 15.1 Å². The number of halogens is 2. The summed E-state index contributed by atoms with van der Waals surface area (Å²) in [5, 5.41) is 7.96. The molecule has 0 radical (unpaired) electrons. The molecule has 5 heteroatoms. The second kappa shape index (κ2) is 3.43. The summed E-state index contributed by atoms with van der Waals surface area (Å²) in [6.45, 7) is 2.02. The van der Waals surface area contributed by atoms with Crippen molar-refractivity contribution in [1.29, 1.82) is 0 Å². The van der Waals surface area contributed by atoms with Crippen molar-refractivity contribution in [3.63, 3.8) is 0 Å². The average molecular weight is 194 g/mol. The molecule has 1 fully saturated rings. The van der Waals surface area contributed by atoms with Crippen LogP contribution in [0.25, 0.3) is 0 Å². The van der Waals surface area contributed by atoms with Gasteiger partial charge in [0.25, 0.3) is 0 Å². The van der Waals surface area contributed by atoms with Gasteiger partial charge in [0, 0.05) is 19.3 Å². The zero-order valence-electron chi connectivity index (χ0n) is 5.83. The minimum atomic E-state index is 0. The molecule has 1 aliphatic rings. The summed E-state index contributed by atoms with van der Waals surface area (Å²) >= 11 is 5.68. The molecule has 11 heavy (non-hydrogen) atoms. The first-order valence-corrected chi connectivity index (χ1v) is 3.64. The Balaban J connectivity index is 0.000000605. The molecule has 2 rings (SSSR count). The van der Waals surface area contributed by atoms with Crippen molar-refractivity contribution in [2.75, 3.05) is 13.1 Å². The van der Waals surface area contributed by atoms with Crippen LogP contribution in [0.1, 0.15) is 6.04 Å². The van der Waals surface area contributed by atoms with E-state index in [4.69, 9.17) is 11.6 Å². The molecule has 0 bridgehead atoms. The van der Waals surface area contributed by atoms with E-state index in [1.54, 1.807) is 6.20 Å². The first-order chi connectivity index (χ1) is 4.86. The third kappa shape index (κ3) is 1.67. The van der Waals surface area contributed by atoms with E-state index in [1.807, 2.05) is 10.9 Å². The summed E-state index contributed by atoms with van der Waals surface area (Å²) in [7, 11) is 0. The lowest BCUT2D eigenvalue weighted by Gasteiger charge is -2.26. The van der Waals surface area contributed by atoms with E-state index in [9.17, 15) is 0 Å². The van der Waals surface area contributed by atoms with Gasteiger partial charge in [0.05, 0.1) is 17.3 Å². The van der Waals surface area contributed by atoms with Gasteiger partial charge in [-0.3, -0.25) is 4.68 Å². The Hall–Kier alpha value is -0.250. The number of nitrogens with zero attached hydrogens (tertiary/aromatic N) is 2. The molecule has 0 amide bonds. The van der Waals surface area contributed by atoms with Gasteiger partial charge in [-0.2, -0.15) is 5.10 Å². The van der Waals surface area contributed by atoms with Crippen molar-refractivity contribution in [2.45, 2.75) is 6.04 Å². The largest absolute Gasteiger partial charge is 0.312 e. The first kappa shape index (κ1) is 8.84. The van der Waals surface area contributed by atoms with Gasteiger partial charge in [-0.15, -0.1) is 12.4 Å². The van der Waals surface area contributed by atoms with Gasteiger partial charge in [-0.1, -0.05) is 11.6 Å². The summed E-state index contributed by atoms with van der Waals surface area (Å²) in [5.41, 5.74) is 0. The third-order valence-corrected chi connectivity index (χ3v) is 1.90. The lowest BCUT2D eigenvalue weighted by Crippen LogP contribution is -2.43. The maximum Gasteiger partial charge on any atom is 0.0785 e. The molecular formula is C6H9Cl2N3. The van der Waals surface area contributed by atoms with Gasteiger partial charge in [-0.05, 0) is 0 Å². The lowest BCUT2D eigenvalue weighted by atomic mass is 10.2. The van der Waals surface area contributed by atoms with Gasteiger partial charge in [0.15, 0.2) is 0 Å². The van der Waals surface area contributed by atoms with Crippen LogP contribution in [-0.2, 0) is 0 Å². The average Bonchev–Trinajstić information content (AvgIpc) is 2.10. The molecule has 1 aliphatic heterocycles. The van der Waals surface area contributed by atoms with Crippen molar-refractivity contribution in [3.05, 3.63) is 17.4 Å². The number of nitrogens with one attached hydrogen (secondary N) is 1. The molecule has 0 saturated carbocycles. The van der Waals surface area contributed by atoms with Gasteiger partial charge in [0.2, 0.25) is 0 Å². The Labute approximate surface area is 76.1 Å². The van der Waals surface area contributed by atoms with Crippen molar-refractivity contribution in [2.24, 2.45) is 0 Å². The van der Waals surface area contributed by atoms with Gasteiger partial charge in [-0.25, -0.2) is 0 Å². The van der Waals surface area contributed by atoms with E-state index < -0.39 is 0 Å². The van der Waals surface area contributed by atoms with Crippen molar-refractivity contribution in [3.8, 4) is 0 Å². The number of hydrogen-bond donors (Lipinski definition) is 1. The van der Waals surface area contributed by atoms with Crippen LogP contribution >= 0.6 is 24.0 Å². The van der Waals surface area contributed by atoms with Gasteiger partial charge >= 0.3 is 0 Å². The molecule has 2 heterocycles. The highest BCUT2D eigenvalue weighted by Gasteiger charge is 2.18. The van der Waals surface area contributed by atoms with Crippen molar-refractivity contribution < 1.29 is 0 Å². The highest BCUT2D eigenvalue weighted by molar-refractivity contribution is 6.30. The topological polar surface area (TPSA) is 29.9 Å². The molecule has 0 aromatic carbocycles. The fourth-order valence-electron chi connectivity index (χ4n) is 0.975. The summed E-state index contributed by atoms with van der Waals surface area (Å²) in [6, 6.07) is 0.521. The van der Waals surface area contributed by atoms with Gasteiger partial charge < -0.3 is 5.32 Å². The Morgan fingerprint density at radius 1 is 1.64 bits per heavy atom. The number of rotatable bonds is 1. The zero-order chi connectivity index (χ0) is 6.97. The molecular weight excluding hydrogens is 185 g/mol. The monoisotopic (exact) mass is 193 g/mol. The minimum absolute atomic E-state index is 0. The zero-order valence-corrected chi connectivity index (χ0v) is 7.40. The molecule has 0 spiro atoms. The molecule has 1 N–H and O–H groups in total. The lowest BCUT2D eigenvalue weighted by molar-refractivity contribution is 0.318. The molecule has 1 saturated heterocycles. The molecule has 1 aromatic heterocycles. The SMILES string of the molecule is Cl.Clc1cnn(C2CNC2)c1. The van der Waals surface area contributed by atoms with Crippen LogP contribution in [0.15, 0.2) is 12.4 Å². The van der Waals surface area contributed by atoms with Crippen molar-refractivity contribution >= 4 is 24.0 Å². The van der Waals surface area contributed by atoms with Crippen LogP contribution in [0.2, 0.25) is 5.02 Å². The third-order valence-electron chi connectivity index (χ3n) is 1.70. The normalized spacial score (nSPS) is 17.2. The summed E-state index contributed by atoms with van der Waals surface area (Å²) in [6.07, 6.45) is 3.52. The van der Waals surface area contributed by atoms with E-state index in [2.05, 4.69) is 10.4 Å². The quantitative estimate of drug-likeness (QED) is 0.725. The minimum Gasteiger partial charge on any atom is -0.312 e. The smallest absolute Gasteiger partial charge is 0.0785 e. The Kier molecular flexibility index (Phi) is 2.76. The predicted molar refractivity (Wildman–Crippen MR) is 46.4 cm³/mol. The Bertz CT molecular complexity index is 231. The molecule has 1 aromatic rings. The van der Waals surface area contributed by atoms with Crippen LogP contribution < -0.4 is 5.32 Å². The standard InChI is InChI=1S/C6H8ClN3.ClH/c7-5-1-9-10(4-5)6-2-8-3-6;/h1,4,6,8H,2-3H2;1H. The molecule has 0 atom stereocenters. The van der Waals surface area contributed by atoms with E-state index in [0.29, 0.717) is 11.1 Å². The molecule has 62 valence electrons.